The lowest BCUT2D eigenvalue weighted by Gasteiger charge is -2.36. The third-order valence-corrected chi connectivity index (χ3v) is 6.55. The molecule has 2 aliphatic rings. The summed E-state index contributed by atoms with van der Waals surface area (Å²) in [5, 5.41) is 0. The molecule has 0 spiro atoms. The van der Waals surface area contributed by atoms with Gasteiger partial charge >= 0.3 is 0 Å². The second kappa shape index (κ2) is 7.40. The van der Waals surface area contributed by atoms with Crippen LogP contribution < -0.4 is 4.90 Å². The fraction of sp³-hybridized carbons (Fsp3) is 0.360. The minimum absolute atomic E-state index is 0.187. The van der Waals surface area contributed by atoms with Crippen LogP contribution in [-0.2, 0) is 11.2 Å². The summed E-state index contributed by atoms with van der Waals surface area (Å²) in [7, 11) is 4.33. The van der Waals surface area contributed by atoms with Gasteiger partial charge in [0.2, 0.25) is 0 Å². The van der Waals surface area contributed by atoms with Crippen LogP contribution in [0.15, 0.2) is 42.9 Å². The molecule has 1 saturated heterocycles. The number of nitrogens with zero attached hydrogens (tertiary/aromatic N) is 4. The predicted molar refractivity (Wildman–Crippen MR) is 122 cm³/mol. The summed E-state index contributed by atoms with van der Waals surface area (Å²) in [5.41, 5.74) is 7.26. The van der Waals surface area contributed by atoms with E-state index < -0.39 is 0 Å². The molecule has 3 heterocycles. The van der Waals surface area contributed by atoms with Crippen LogP contribution in [-0.4, -0.2) is 53.3 Å². The average Bonchev–Trinajstić information content (AvgIpc) is 3.15. The highest BCUT2D eigenvalue weighted by atomic mass is 16.1. The number of aromatic nitrogens is 2. The van der Waals surface area contributed by atoms with E-state index in [0.717, 1.165) is 46.6 Å². The van der Waals surface area contributed by atoms with Gasteiger partial charge in [-0.3, -0.25) is 9.78 Å². The van der Waals surface area contributed by atoms with Crippen molar-refractivity contribution in [3.63, 3.8) is 0 Å². The Bertz CT molecular complexity index is 1150. The highest BCUT2D eigenvalue weighted by Crippen LogP contribution is 2.32. The summed E-state index contributed by atoms with van der Waals surface area (Å²) in [5.74, 6) is 0.187. The number of ketones is 1. The first kappa shape index (κ1) is 19.1. The van der Waals surface area contributed by atoms with E-state index in [1.165, 1.54) is 18.5 Å². The molecule has 1 aliphatic heterocycles. The molecular weight excluding hydrogens is 372 g/mol. The van der Waals surface area contributed by atoms with Crippen molar-refractivity contribution in [2.24, 2.45) is 0 Å². The van der Waals surface area contributed by atoms with E-state index >= 15 is 0 Å². The lowest BCUT2D eigenvalue weighted by Crippen LogP contribution is -2.42. The zero-order valence-electron chi connectivity index (χ0n) is 17.9. The molecule has 5 rings (SSSR count). The van der Waals surface area contributed by atoms with Crippen LogP contribution in [0.5, 0.6) is 0 Å². The number of rotatable bonds is 3. The monoisotopic (exact) mass is 400 g/mol. The first-order chi connectivity index (χ1) is 14.5. The van der Waals surface area contributed by atoms with Gasteiger partial charge in [-0.05, 0) is 69.3 Å². The second-order valence-corrected chi connectivity index (χ2v) is 8.81. The molecule has 30 heavy (non-hydrogen) atoms. The Morgan fingerprint density at radius 2 is 1.90 bits per heavy atom. The molecule has 1 aromatic carbocycles. The van der Waals surface area contributed by atoms with Crippen LogP contribution in [0.25, 0.3) is 17.2 Å². The number of benzene rings is 1. The summed E-state index contributed by atoms with van der Waals surface area (Å²) in [4.78, 5) is 22.1. The van der Waals surface area contributed by atoms with Gasteiger partial charge in [-0.25, -0.2) is 0 Å². The van der Waals surface area contributed by atoms with Crippen LogP contribution >= 0.6 is 0 Å². The number of aryl methyl sites for hydroxylation is 1. The summed E-state index contributed by atoms with van der Waals surface area (Å²) in [6.07, 6.45) is 10.8. The third kappa shape index (κ3) is 3.43. The van der Waals surface area contributed by atoms with E-state index in [1.54, 1.807) is 0 Å². The zero-order chi connectivity index (χ0) is 20.8. The summed E-state index contributed by atoms with van der Waals surface area (Å²) in [6, 6.07) is 9.33. The molecule has 0 saturated carbocycles. The number of hydrogen-bond donors (Lipinski definition) is 0. The topological polar surface area (TPSA) is 40.9 Å². The standard InChI is InChI=1S/C25H28N4O/c1-17-15-29-16-20(11-23(29)14-26-17)24-12-18-4-5-22(10-19(18)13-25(24)30)28-8-6-21(7-9-28)27(2)3/h4-5,10-12,14-16,21H,6-9,13H2,1-3H3. The van der Waals surface area contributed by atoms with Crippen molar-refractivity contribution < 1.29 is 4.79 Å². The van der Waals surface area contributed by atoms with Gasteiger partial charge in [-0.1, -0.05) is 6.07 Å². The van der Waals surface area contributed by atoms with Crippen LogP contribution in [0.4, 0.5) is 5.69 Å². The third-order valence-electron chi connectivity index (χ3n) is 6.55. The maximum atomic E-state index is 13.0. The lowest BCUT2D eigenvalue weighted by atomic mass is 9.88. The first-order valence-electron chi connectivity index (χ1n) is 10.7. The highest BCUT2D eigenvalue weighted by Gasteiger charge is 2.24. The van der Waals surface area contributed by atoms with Gasteiger partial charge in [0, 0.05) is 54.8 Å². The lowest BCUT2D eigenvalue weighted by molar-refractivity contribution is -0.113. The van der Waals surface area contributed by atoms with Gasteiger partial charge in [-0.2, -0.15) is 0 Å². The Kier molecular flexibility index (Phi) is 4.70. The molecule has 0 unspecified atom stereocenters. The molecule has 0 radical (unpaired) electrons. The number of fused-ring (bicyclic) bond motifs is 2. The molecule has 0 atom stereocenters. The Hall–Kier alpha value is -2.92. The molecular formula is C25H28N4O. The van der Waals surface area contributed by atoms with Gasteiger partial charge in [-0.15, -0.1) is 0 Å². The van der Waals surface area contributed by atoms with Crippen LogP contribution in [0.1, 0.15) is 35.2 Å². The van der Waals surface area contributed by atoms with E-state index in [0.29, 0.717) is 12.5 Å². The molecule has 1 fully saturated rings. The molecule has 0 bridgehead atoms. The smallest absolute Gasteiger partial charge is 0.167 e. The predicted octanol–water partition coefficient (Wildman–Crippen LogP) is 3.84. The quantitative estimate of drug-likeness (QED) is 0.670. The Balaban J connectivity index is 1.42. The number of allylic oxidation sites excluding steroid dienone is 1. The Labute approximate surface area is 177 Å². The van der Waals surface area contributed by atoms with E-state index in [2.05, 4.69) is 53.2 Å². The van der Waals surface area contributed by atoms with Crippen molar-refractivity contribution in [3.8, 4) is 0 Å². The normalized spacial score (nSPS) is 17.5. The van der Waals surface area contributed by atoms with Gasteiger partial charge in [0.1, 0.15) is 0 Å². The van der Waals surface area contributed by atoms with Crippen molar-refractivity contribution in [2.45, 2.75) is 32.2 Å². The summed E-state index contributed by atoms with van der Waals surface area (Å²) >= 11 is 0. The number of piperidine rings is 1. The van der Waals surface area contributed by atoms with Crippen molar-refractivity contribution in [1.82, 2.24) is 14.3 Å². The van der Waals surface area contributed by atoms with Crippen molar-refractivity contribution in [2.75, 3.05) is 32.1 Å². The number of Topliss-reactive ketones (excluding diaryl/α,β-unsaturated/α-hetero) is 1. The zero-order valence-corrected chi connectivity index (χ0v) is 17.9. The van der Waals surface area contributed by atoms with Crippen molar-refractivity contribution in [1.29, 1.82) is 0 Å². The fourth-order valence-electron chi connectivity index (χ4n) is 4.73. The van der Waals surface area contributed by atoms with E-state index in [1.807, 2.05) is 36.0 Å². The molecule has 154 valence electrons. The molecule has 1 aliphatic carbocycles. The SMILES string of the molecule is Cc1cn2cc(C3=Cc4ccc(N5CCC(N(C)C)CC5)cc4CC3=O)cc2cn1. The second-order valence-electron chi connectivity index (χ2n) is 8.81. The number of hydrogen-bond acceptors (Lipinski definition) is 4. The fourth-order valence-corrected chi connectivity index (χ4v) is 4.73. The largest absolute Gasteiger partial charge is 0.371 e. The first-order valence-corrected chi connectivity index (χ1v) is 10.7. The molecule has 3 aromatic rings. The molecule has 0 N–H and O–H groups in total. The van der Waals surface area contributed by atoms with E-state index in [9.17, 15) is 4.79 Å². The van der Waals surface area contributed by atoms with Gasteiger partial charge in [0.25, 0.3) is 0 Å². The van der Waals surface area contributed by atoms with Crippen LogP contribution in [0.3, 0.4) is 0 Å². The number of carbonyl (C=O) groups is 1. The summed E-state index contributed by atoms with van der Waals surface area (Å²) < 4.78 is 2.04. The molecule has 5 heteroatoms. The van der Waals surface area contributed by atoms with Crippen LogP contribution in [0, 0.1) is 6.92 Å². The minimum Gasteiger partial charge on any atom is -0.371 e. The van der Waals surface area contributed by atoms with Gasteiger partial charge in [0.05, 0.1) is 17.4 Å². The summed E-state index contributed by atoms with van der Waals surface area (Å²) in [6.45, 7) is 4.11. The molecule has 0 amide bonds. The number of anilines is 1. The highest BCUT2D eigenvalue weighted by molar-refractivity contribution is 6.27. The maximum Gasteiger partial charge on any atom is 0.167 e. The average molecular weight is 401 g/mol. The van der Waals surface area contributed by atoms with Crippen LogP contribution in [0.2, 0.25) is 0 Å². The van der Waals surface area contributed by atoms with Gasteiger partial charge in [0.15, 0.2) is 5.78 Å². The van der Waals surface area contributed by atoms with Crippen molar-refractivity contribution in [3.05, 3.63) is 65.2 Å². The van der Waals surface area contributed by atoms with Gasteiger partial charge < -0.3 is 14.2 Å². The molecule has 2 aromatic heterocycles. The van der Waals surface area contributed by atoms with E-state index in [4.69, 9.17) is 0 Å². The van der Waals surface area contributed by atoms with Crippen molar-refractivity contribution >= 4 is 28.6 Å². The Morgan fingerprint density at radius 3 is 2.67 bits per heavy atom. The molecule has 5 nitrogen and oxygen atoms in total. The number of carbonyl (C=O) groups excluding carboxylic acids is 1. The minimum atomic E-state index is 0.187. The maximum absolute atomic E-state index is 13.0. The Morgan fingerprint density at radius 1 is 1.10 bits per heavy atom. The van der Waals surface area contributed by atoms with E-state index in [-0.39, 0.29) is 5.78 Å².